The van der Waals surface area contributed by atoms with Crippen molar-refractivity contribution in [3.63, 3.8) is 0 Å². The molecule has 2 fully saturated rings. The van der Waals surface area contributed by atoms with Crippen molar-refractivity contribution in [2.75, 3.05) is 50.7 Å². The molecule has 6 nitrogen and oxygen atoms in total. The van der Waals surface area contributed by atoms with Crippen LogP contribution >= 0.6 is 0 Å². The first-order chi connectivity index (χ1) is 13.2. The van der Waals surface area contributed by atoms with Gasteiger partial charge in [-0.2, -0.15) is 0 Å². The third-order valence-corrected chi connectivity index (χ3v) is 5.71. The number of carbonyl (C=O) groups excluding carboxylic acids is 1. The Kier molecular flexibility index (Phi) is 5.53. The van der Waals surface area contributed by atoms with E-state index in [2.05, 4.69) is 14.7 Å². The van der Waals surface area contributed by atoms with Gasteiger partial charge >= 0.3 is 0 Å². The Balaban J connectivity index is 1.36. The molecule has 0 saturated carbocycles. The van der Waals surface area contributed by atoms with Crippen molar-refractivity contribution in [3.8, 4) is 0 Å². The molecule has 1 aromatic carbocycles. The van der Waals surface area contributed by atoms with Gasteiger partial charge in [0.05, 0.1) is 23.3 Å². The van der Waals surface area contributed by atoms with Crippen LogP contribution in [0.4, 0.5) is 5.82 Å². The summed E-state index contributed by atoms with van der Waals surface area (Å²) in [4.78, 5) is 28.8. The van der Waals surface area contributed by atoms with Crippen LogP contribution in [0.1, 0.15) is 31.4 Å². The molecule has 0 N–H and O–H groups in total. The second-order valence-electron chi connectivity index (χ2n) is 7.68. The predicted octanol–water partition coefficient (Wildman–Crippen LogP) is 2.46. The minimum atomic E-state index is 0.298. The molecule has 27 heavy (non-hydrogen) atoms. The van der Waals surface area contributed by atoms with Gasteiger partial charge in [-0.05, 0) is 31.9 Å². The number of nitrogens with zero attached hydrogens (tertiary/aromatic N) is 5. The number of hydrogen-bond acceptors (Lipinski definition) is 5. The van der Waals surface area contributed by atoms with Crippen LogP contribution in [0.2, 0.25) is 0 Å². The van der Waals surface area contributed by atoms with Crippen molar-refractivity contribution in [1.29, 1.82) is 0 Å². The highest BCUT2D eigenvalue weighted by Gasteiger charge is 2.24. The molecule has 2 aliphatic heterocycles. The highest BCUT2D eigenvalue weighted by Crippen LogP contribution is 2.21. The Morgan fingerprint density at radius 2 is 1.52 bits per heavy atom. The van der Waals surface area contributed by atoms with Gasteiger partial charge < -0.3 is 9.80 Å². The van der Waals surface area contributed by atoms with E-state index in [0.717, 1.165) is 74.7 Å². The number of benzene rings is 1. The first-order valence-electron chi connectivity index (χ1n) is 10.2. The average molecular weight is 367 g/mol. The molecule has 0 radical (unpaired) electrons. The smallest absolute Gasteiger partial charge is 0.236 e. The van der Waals surface area contributed by atoms with Gasteiger partial charge in [0.15, 0.2) is 5.82 Å². The molecule has 144 valence electrons. The van der Waals surface area contributed by atoms with E-state index in [0.29, 0.717) is 12.5 Å². The Hall–Kier alpha value is -2.21. The molecular formula is C21H29N5O. The van der Waals surface area contributed by atoms with Crippen LogP contribution in [-0.2, 0) is 4.79 Å². The number of carbonyl (C=O) groups is 1. The molecule has 0 spiro atoms. The van der Waals surface area contributed by atoms with Gasteiger partial charge in [-0.1, -0.05) is 25.0 Å². The summed E-state index contributed by atoms with van der Waals surface area (Å²) < 4.78 is 0. The standard InChI is InChI=1S/C21H29N5O/c1-17-21(23-19-9-5-4-8-18(19)22-17)26-14-12-24(13-15-26)16-20(27)25-10-6-2-3-7-11-25/h4-5,8-9H,2-3,6-7,10-16H2,1H3. The van der Waals surface area contributed by atoms with Crippen molar-refractivity contribution < 1.29 is 4.79 Å². The summed E-state index contributed by atoms with van der Waals surface area (Å²) in [7, 11) is 0. The highest BCUT2D eigenvalue weighted by atomic mass is 16.2. The topological polar surface area (TPSA) is 52.6 Å². The van der Waals surface area contributed by atoms with E-state index in [1.54, 1.807) is 0 Å². The zero-order valence-electron chi connectivity index (χ0n) is 16.2. The zero-order chi connectivity index (χ0) is 18.6. The minimum absolute atomic E-state index is 0.298. The number of hydrogen-bond donors (Lipinski definition) is 0. The average Bonchev–Trinajstić information content (AvgIpc) is 2.98. The molecule has 0 unspecified atom stereocenters. The Labute approximate surface area is 161 Å². The molecular weight excluding hydrogens is 338 g/mol. The summed E-state index contributed by atoms with van der Waals surface area (Å²) in [6.07, 6.45) is 4.82. The minimum Gasteiger partial charge on any atom is -0.353 e. The van der Waals surface area contributed by atoms with Crippen LogP contribution in [0.5, 0.6) is 0 Å². The van der Waals surface area contributed by atoms with Gasteiger partial charge in [-0.25, -0.2) is 9.97 Å². The first-order valence-corrected chi connectivity index (χ1v) is 10.2. The van der Waals surface area contributed by atoms with Crippen LogP contribution in [0, 0.1) is 6.92 Å². The maximum Gasteiger partial charge on any atom is 0.236 e. The van der Waals surface area contributed by atoms with E-state index in [-0.39, 0.29) is 0 Å². The fourth-order valence-corrected chi connectivity index (χ4v) is 4.11. The largest absolute Gasteiger partial charge is 0.353 e. The predicted molar refractivity (Wildman–Crippen MR) is 108 cm³/mol. The Morgan fingerprint density at radius 1 is 0.889 bits per heavy atom. The SMILES string of the molecule is Cc1nc2ccccc2nc1N1CCN(CC(=O)N2CCCCCC2)CC1. The monoisotopic (exact) mass is 367 g/mol. The van der Waals surface area contributed by atoms with Crippen LogP contribution in [-0.4, -0.2) is 71.5 Å². The fraction of sp³-hybridized carbons (Fsp3) is 0.571. The maximum absolute atomic E-state index is 12.6. The summed E-state index contributed by atoms with van der Waals surface area (Å²) in [6.45, 7) is 8.03. The van der Waals surface area contributed by atoms with Crippen molar-refractivity contribution in [3.05, 3.63) is 30.0 Å². The molecule has 0 bridgehead atoms. The molecule has 0 aliphatic carbocycles. The lowest BCUT2D eigenvalue weighted by Crippen LogP contribution is -2.50. The number of piperazine rings is 1. The van der Waals surface area contributed by atoms with Crippen molar-refractivity contribution >= 4 is 22.8 Å². The number of aromatic nitrogens is 2. The van der Waals surface area contributed by atoms with E-state index in [1.807, 2.05) is 31.2 Å². The molecule has 1 amide bonds. The number of amides is 1. The second-order valence-corrected chi connectivity index (χ2v) is 7.68. The van der Waals surface area contributed by atoms with E-state index < -0.39 is 0 Å². The van der Waals surface area contributed by atoms with Gasteiger partial charge in [-0.3, -0.25) is 9.69 Å². The summed E-state index contributed by atoms with van der Waals surface area (Å²) in [6, 6.07) is 8.02. The lowest BCUT2D eigenvalue weighted by molar-refractivity contribution is -0.132. The fourth-order valence-electron chi connectivity index (χ4n) is 4.11. The van der Waals surface area contributed by atoms with Crippen molar-refractivity contribution in [2.24, 2.45) is 0 Å². The maximum atomic E-state index is 12.6. The van der Waals surface area contributed by atoms with Gasteiger partial charge in [0, 0.05) is 39.3 Å². The van der Waals surface area contributed by atoms with Crippen molar-refractivity contribution in [2.45, 2.75) is 32.6 Å². The van der Waals surface area contributed by atoms with Crippen LogP contribution in [0.15, 0.2) is 24.3 Å². The van der Waals surface area contributed by atoms with Gasteiger partial charge in [0.25, 0.3) is 0 Å². The molecule has 0 atom stereocenters. The molecule has 3 heterocycles. The summed E-state index contributed by atoms with van der Waals surface area (Å²) >= 11 is 0. The van der Waals surface area contributed by atoms with E-state index in [4.69, 9.17) is 9.97 Å². The highest BCUT2D eigenvalue weighted by molar-refractivity contribution is 5.78. The molecule has 4 rings (SSSR count). The summed E-state index contributed by atoms with van der Waals surface area (Å²) in [5.41, 5.74) is 2.86. The number of para-hydroxylation sites is 2. The third kappa shape index (κ3) is 4.21. The van der Waals surface area contributed by atoms with Crippen molar-refractivity contribution in [1.82, 2.24) is 19.8 Å². The number of anilines is 1. The second kappa shape index (κ2) is 8.21. The molecule has 2 aliphatic rings. The summed E-state index contributed by atoms with van der Waals surface area (Å²) in [5.74, 6) is 1.28. The number of likely N-dealkylation sites (tertiary alicyclic amines) is 1. The summed E-state index contributed by atoms with van der Waals surface area (Å²) in [5, 5.41) is 0. The molecule has 2 aromatic rings. The zero-order valence-corrected chi connectivity index (χ0v) is 16.2. The lowest BCUT2D eigenvalue weighted by Gasteiger charge is -2.36. The quantitative estimate of drug-likeness (QED) is 0.834. The number of rotatable bonds is 3. The number of aryl methyl sites for hydroxylation is 1. The van der Waals surface area contributed by atoms with E-state index in [1.165, 1.54) is 12.8 Å². The third-order valence-electron chi connectivity index (χ3n) is 5.71. The van der Waals surface area contributed by atoms with Crippen LogP contribution in [0.3, 0.4) is 0 Å². The first kappa shape index (κ1) is 18.2. The normalized spacial score (nSPS) is 19.3. The van der Waals surface area contributed by atoms with Gasteiger partial charge in [0.1, 0.15) is 0 Å². The van der Waals surface area contributed by atoms with E-state index in [9.17, 15) is 4.79 Å². The number of fused-ring (bicyclic) bond motifs is 1. The van der Waals surface area contributed by atoms with Gasteiger partial charge in [-0.15, -0.1) is 0 Å². The van der Waals surface area contributed by atoms with Crippen LogP contribution in [0.25, 0.3) is 11.0 Å². The molecule has 6 heteroatoms. The van der Waals surface area contributed by atoms with E-state index >= 15 is 0 Å². The van der Waals surface area contributed by atoms with Gasteiger partial charge in [0.2, 0.25) is 5.91 Å². The Morgan fingerprint density at radius 3 is 2.19 bits per heavy atom. The Bertz CT molecular complexity index is 792. The molecule has 2 saturated heterocycles. The molecule has 1 aromatic heterocycles. The van der Waals surface area contributed by atoms with Crippen LogP contribution < -0.4 is 4.90 Å². The lowest BCUT2D eigenvalue weighted by atomic mass is 10.2.